The number of carbonyl (C=O) groups is 1. The lowest BCUT2D eigenvalue weighted by atomic mass is 10.2. The van der Waals surface area contributed by atoms with Crippen LogP contribution in [0, 0.1) is 0 Å². The summed E-state index contributed by atoms with van der Waals surface area (Å²) >= 11 is 0. The summed E-state index contributed by atoms with van der Waals surface area (Å²) in [6, 6.07) is 5.46. The molecule has 3 N–H and O–H groups in total. The molecule has 2 rings (SSSR count). The van der Waals surface area contributed by atoms with Gasteiger partial charge in [0.2, 0.25) is 5.91 Å². The zero-order chi connectivity index (χ0) is 12.1. The third-order valence-electron chi connectivity index (χ3n) is 2.36. The Kier molecular flexibility index (Phi) is 3.62. The second kappa shape index (κ2) is 5.36. The zero-order valence-electron chi connectivity index (χ0n) is 9.39. The summed E-state index contributed by atoms with van der Waals surface area (Å²) in [6.45, 7) is 0.524. The fourth-order valence-corrected chi connectivity index (χ4v) is 1.53. The molecule has 0 bridgehead atoms. The highest BCUT2D eigenvalue weighted by molar-refractivity contribution is 5.92. The van der Waals surface area contributed by atoms with Crippen LogP contribution in [-0.2, 0) is 4.79 Å². The van der Waals surface area contributed by atoms with Gasteiger partial charge < -0.3 is 11.1 Å². The highest BCUT2D eigenvalue weighted by Crippen LogP contribution is 2.15. The van der Waals surface area contributed by atoms with E-state index >= 15 is 0 Å². The molecular weight excluding hydrogens is 216 g/mol. The summed E-state index contributed by atoms with van der Waals surface area (Å²) in [5.41, 5.74) is 7.66. The highest BCUT2D eigenvalue weighted by Gasteiger charge is 2.03. The Bertz CT molecular complexity index is 527. The molecule has 17 heavy (non-hydrogen) atoms. The van der Waals surface area contributed by atoms with Gasteiger partial charge in [-0.3, -0.25) is 14.8 Å². The third kappa shape index (κ3) is 2.98. The average molecular weight is 230 g/mol. The van der Waals surface area contributed by atoms with E-state index in [1.807, 2.05) is 18.2 Å². The minimum absolute atomic E-state index is 0.0290. The van der Waals surface area contributed by atoms with Crippen molar-refractivity contribution < 1.29 is 4.79 Å². The van der Waals surface area contributed by atoms with Gasteiger partial charge in [-0.25, -0.2) is 0 Å². The van der Waals surface area contributed by atoms with Crippen molar-refractivity contribution in [1.29, 1.82) is 0 Å². The van der Waals surface area contributed by atoms with Crippen LogP contribution in [0.15, 0.2) is 30.6 Å². The van der Waals surface area contributed by atoms with Gasteiger partial charge in [0.1, 0.15) is 0 Å². The first kappa shape index (κ1) is 11.5. The van der Waals surface area contributed by atoms with Crippen LogP contribution < -0.4 is 11.1 Å². The number of hydrogen-bond acceptors (Lipinski definition) is 4. The maximum absolute atomic E-state index is 11.5. The van der Waals surface area contributed by atoms with Gasteiger partial charge >= 0.3 is 0 Å². The summed E-state index contributed by atoms with van der Waals surface area (Å²) < 4.78 is 0. The molecule has 0 atom stereocenters. The Morgan fingerprint density at radius 2 is 2.00 bits per heavy atom. The largest absolute Gasteiger partial charge is 0.330 e. The molecule has 0 aliphatic carbocycles. The van der Waals surface area contributed by atoms with Crippen LogP contribution in [0.1, 0.15) is 12.8 Å². The molecule has 0 aliphatic rings. The Labute approximate surface area is 99.1 Å². The summed E-state index contributed by atoms with van der Waals surface area (Å²) in [5, 5.41) is 2.81. The Morgan fingerprint density at radius 1 is 1.24 bits per heavy atom. The lowest BCUT2D eigenvalue weighted by Crippen LogP contribution is -2.13. The minimum atomic E-state index is -0.0290. The van der Waals surface area contributed by atoms with Gasteiger partial charge in [-0.05, 0) is 31.2 Å². The van der Waals surface area contributed by atoms with Crippen molar-refractivity contribution >= 4 is 22.6 Å². The third-order valence-corrected chi connectivity index (χ3v) is 2.36. The van der Waals surface area contributed by atoms with Crippen LogP contribution in [0.3, 0.4) is 0 Å². The number of rotatable bonds is 4. The van der Waals surface area contributed by atoms with Gasteiger partial charge in [0.15, 0.2) is 0 Å². The molecule has 0 saturated carbocycles. The molecule has 1 aromatic heterocycles. The SMILES string of the molecule is NCCCC(=O)Nc1ccc2nccnc2c1. The van der Waals surface area contributed by atoms with Crippen LogP contribution in [-0.4, -0.2) is 22.4 Å². The van der Waals surface area contributed by atoms with Crippen LogP contribution in [0.4, 0.5) is 5.69 Å². The Morgan fingerprint density at radius 3 is 2.76 bits per heavy atom. The molecule has 1 heterocycles. The van der Waals surface area contributed by atoms with Crippen molar-refractivity contribution in [2.75, 3.05) is 11.9 Å². The van der Waals surface area contributed by atoms with Gasteiger partial charge in [-0.2, -0.15) is 0 Å². The van der Waals surface area contributed by atoms with Crippen LogP contribution in [0.2, 0.25) is 0 Å². The van der Waals surface area contributed by atoms with Gasteiger partial charge in [0, 0.05) is 24.5 Å². The lowest BCUT2D eigenvalue weighted by Gasteiger charge is -2.05. The van der Waals surface area contributed by atoms with E-state index in [2.05, 4.69) is 15.3 Å². The first-order chi connectivity index (χ1) is 8.29. The van der Waals surface area contributed by atoms with Crippen molar-refractivity contribution in [1.82, 2.24) is 9.97 Å². The first-order valence-electron chi connectivity index (χ1n) is 5.50. The Balaban J connectivity index is 2.11. The molecule has 0 unspecified atom stereocenters. The maximum atomic E-state index is 11.5. The molecule has 2 aromatic rings. The topological polar surface area (TPSA) is 80.9 Å². The molecule has 0 aliphatic heterocycles. The number of anilines is 1. The molecule has 5 nitrogen and oxygen atoms in total. The minimum Gasteiger partial charge on any atom is -0.330 e. The van der Waals surface area contributed by atoms with E-state index in [-0.39, 0.29) is 5.91 Å². The highest BCUT2D eigenvalue weighted by atomic mass is 16.1. The molecule has 0 fully saturated rings. The summed E-state index contributed by atoms with van der Waals surface area (Å²) in [7, 11) is 0. The van der Waals surface area contributed by atoms with E-state index in [0.717, 1.165) is 16.7 Å². The van der Waals surface area contributed by atoms with Gasteiger partial charge in [-0.15, -0.1) is 0 Å². The van der Waals surface area contributed by atoms with E-state index < -0.39 is 0 Å². The molecule has 0 saturated heterocycles. The number of carbonyl (C=O) groups excluding carboxylic acids is 1. The fraction of sp³-hybridized carbons (Fsp3) is 0.250. The first-order valence-corrected chi connectivity index (χ1v) is 5.50. The molecule has 1 aromatic carbocycles. The number of nitrogens with two attached hydrogens (primary N) is 1. The van der Waals surface area contributed by atoms with Gasteiger partial charge in [0.25, 0.3) is 0 Å². The van der Waals surface area contributed by atoms with Gasteiger partial charge in [-0.1, -0.05) is 0 Å². The number of fused-ring (bicyclic) bond motifs is 1. The molecule has 0 radical (unpaired) electrons. The average Bonchev–Trinajstić information content (AvgIpc) is 2.36. The van der Waals surface area contributed by atoms with Crippen LogP contribution >= 0.6 is 0 Å². The van der Waals surface area contributed by atoms with E-state index in [1.165, 1.54) is 0 Å². The predicted molar refractivity (Wildman–Crippen MR) is 66.5 cm³/mol. The fourth-order valence-electron chi connectivity index (χ4n) is 1.53. The van der Waals surface area contributed by atoms with Crippen LogP contribution in [0.5, 0.6) is 0 Å². The summed E-state index contributed by atoms with van der Waals surface area (Å²) in [6.07, 6.45) is 4.40. The second-order valence-corrected chi connectivity index (χ2v) is 3.70. The van der Waals surface area contributed by atoms with Crippen molar-refractivity contribution in [3.8, 4) is 0 Å². The zero-order valence-corrected chi connectivity index (χ0v) is 9.39. The Hall–Kier alpha value is -2.01. The maximum Gasteiger partial charge on any atom is 0.224 e. The summed E-state index contributed by atoms with van der Waals surface area (Å²) in [5.74, 6) is -0.0290. The number of amides is 1. The van der Waals surface area contributed by atoms with Gasteiger partial charge in [0.05, 0.1) is 11.0 Å². The smallest absolute Gasteiger partial charge is 0.224 e. The van der Waals surface area contributed by atoms with Crippen molar-refractivity contribution in [3.05, 3.63) is 30.6 Å². The number of benzene rings is 1. The van der Waals surface area contributed by atoms with E-state index in [1.54, 1.807) is 12.4 Å². The molecule has 0 spiro atoms. The quantitative estimate of drug-likeness (QED) is 0.829. The standard InChI is InChI=1S/C12H14N4O/c13-5-1-2-12(17)16-9-3-4-10-11(8-9)15-7-6-14-10/h3-4,6-8H,1-2,5,13H2,(H,16,17). The van der Waals surface area contributed by atoms with E-state index in [4.69, 9.17) is 5.73 Å². The van der Waals surface area contributed by atoms with Crippen molar-refractivity contribution in [2.24, 2.45) is 5.73 Å². The van der Waals surface area contributed by atoms with E-state index in [0.29, 0.717) is 19.4 Å². The monoisotopic (exact) mass is 230 g/mol. The normalized spacial score (nSPS) is 10.4. The molecule has 1 amide bonds. The van der Waals surface area contributed by atoms with Crippen molar-refractivity contribution in [2.45, 2.75) is 12.8 Å². The molecule has 88 valence electrons. The number of aromatic nitrogens is 2. The molecule has 5 heteroatoms. The number of hydrogen-bond donors (Lipinski definition) is 2. The van der Waals surface area contributed by atoms with Crippen LogP contribution in [0.25, 0.3) is 11.0 Å². The van der Waals surface area contributed by atoms with Crippen molar-refractivity contribution in [3.63, 3.8) is 0 Å². The number of nitrogens with zero attached hydrogens (tertiary/aromatic N) is 2. The summed E-state index contributed by atoms with van der Waals surface area (Å²) in [4.78, 5) is 19.8. The predicted octanol–water partition coefficient (Wildman–Crippen LogP) is 1.31. The van der Waals surface area contributed by atoms with E-state index in [9.17, 15) is 4.79 Å². The second-order valence-electron chi connectivity index (χ2n) is 3.70. The molecular formula is C12H14N4O. The lowest BCUT2D eigenvalue weighted by molar-refractivity contribution is -0.116. The number of nitrogens with one attached hydrogen (secondary N) is 1.